The Balaban J connectivity index is 2.33. The first-order chi connectivity index (χ1) is 13.2. The van der Waals surface area contributed by atoms with Gasteiger partial charge in [-0.05, 0) is 66.1 Å². The van der Waals surface area contributed by atoms with Crippen LogP contribution in [0.25, 0.3) is 6.08 Å². The molecule has 1 aromatic carbocycles. The predicted molar refractivity (Wildman–Crippen MR) is 113 cm³/mol. The van der Waals surface area contributed by atoms with Crippen LogP contribution < -0.4 is 10.1 Å². The average molecular weight is 405 g/mol. The van der Waals surface area contributed by atoms with Crippen LogP contribution in [0.4, 0.5) is 4.79 Å². The Morgan fingerprint density at radius 2 is 1.79 bits per heavy atom. The van der Waals surface area contributed by atoms with Crippen LogP contribution in [0.1, 0.15) is 54.0 Å². The lowest BCUT2D eigenvalue weighted by molar-refractivity contribution is 0.00578. The third-order valence-corrected chi connectivity index (χ3v) is 4.95. The second kappa shape index (κ2) is 8.28. The minimum atomic E-state index is -0.659. The number of phenols is 1. The molecule has 0 atom stereocenters. The zero-order valence-electron chi connectivity index (χ0n) is 18.6. The largest absolute Gasteiger partial charge is 0.508 e. The number of carbonyl (C=O) groups excluding carboxylic acids is 1. The van der Waals surface area contributed by atoms with Gasteiger partial charge in [0.25, 0.3) is 0 Å². The Kier molecular flexibility index (Phi) is 6.60. The van der Waals surface area contributed by atoms with Crippen molar-refractivity contribution in [2.45, 2.75) is 65.3 Å². The highest BCUT2D eigenvalue weighted by atomic mass is 16.7. The molecule has 1 fully saturated rings. The van der Waals surface area contributed by atoms with Crippen LogP contribution in [-0.2, 0) is 14.0 Å². The first-order valence-corrected chi connectivity index (χ1v) is 9.64. The van der Waals surface area contributed by atoms with E-state index in [2.05, 4.69) is 5.32 Å². The van der Waals surface area contributed by atoms with E-state index >= 15 is 0 Å². The molecule has 0 bridgehead atoms. The number of methoxy groups -OCH3 is 1. The summed E-state index contributed by atoms with van der Waals surface area (Å²) >= 11 is 0. The highest BCUT2D eigenvalue weighted by molar-refractivity contribution is 6.56. The number of phenolic OH excluding ortho intramolecular Hbond substituents is 1. The molecule has 0 radical (unpaired) electrons. The molecule has 0 aliphatic carbocycles. The summed E-state index contributed by atoms with van der Waals surface area (Å²) < 4.78 is 23.0. The summed E-state index contributed by atoms with van der Waals surface area (Å²) in [5, 5.41) is 12.5. The van der Waals surface area contributed by atoms with E-state index in [0.29, 0.717) is 11.2 Å². The summed E-state index contributed by atoms with van der Waals surface area (Å²) in [6, 6.07) is 4.82. The van der Waals surface area contributed by atoms with E-state index < -0.39 is 30.0 Å². The SMILES string of the molecule is COc1cc(O)ccc1C=C(CNC(=O)OC(C)(C)C)B1OC(C)(C)C(C)(C)O1. The van der Waals surface area contributed by atoms with Gasteiger partial charge in [-0.1, -0.05) is 6.08 Å². The Labute approximate surface area is 173 Å². The average Bonchev–Trinajstić information content (AvgIpc) is 2.78. The molecule has 1 saturated heterocycles. The van der Waals surface area contributed by atoms with Crippen molar-refractivity contribution in [2.24, 2.45) is 0 Å². The number of carbonyl (C=O) groups is 1. The lowest BCUT2D eigenvalue weighted by Crippen LogP contribution is -2.41. The van der Waals surface area contributed by atoms with Crippen molar-refractivity contribution >= 4 is 19.3 Å². The molecule has 8 heteroatoms. The van der Waals surface area contributed by atoms with Crippen LogP contribution in [0, 0.1) is 0 Å². The van der Waals surface area contributed by atoms with E-state index in [1.165, 1.54) is 13.2 Å². The molecular weight excluding hydrogens is 373 g/mol. The highest BCUT2D eigenvalue weighted by Gasteiger charge is 2.52. The summed E-state index contributed by atoms with van der Waals surface area (Å²) in [4.78, 5) is 12.2. The number of hydrogen-bond acceptors (Lipinski definition) is 6. The van der Waals surface area contributed by atoms with Gasteiger partial charge >= 0.3 is 13.2 Å². The van der Waals surface area contributed by atoms with E-state index in [1.54, 1.807) is 32.9 Å². The molecule has 0 aromatic heterocycles. The van der Waals surface area contributed by atoms with Gasteiger partial charge in [-0.25, -0.2) is 4.79 Å². The Morgan fingerprint density at radius 3 is 2.31 bits per heavy atom. The van der Waals surface area contributed by atoms with Crippen molar-refractivity contribution in [1.29, 1.82) is 0 Å². The zero-order chi connectivity index (χ0) is 22.0. The minimum Gasteiger partial charge on any atom is -0.508 e. The number of hydrogen-bond donors (Lipinski definition) is 2. The quantitative estimate of drug-likeness (QED) is 0.722. The first-order valence-electron chi connectivity index (χ1n) is 9.64. The second-order valence-corrected chi connectivity index (χ2v) is 9.09. The third-order valence-electron chi connectivity index (χ3n) is 4.95. The van der Waals surface area contributed by atoms with Crippen molar-refractivity contribution in [3.63, 3.8) is 0 Å². The maximum absolute atomic E-state index is 12.2. The molecule has 160 valence electrons. The van der Waals surface area contributed by atoms with Crippen molar-refractivity contribution in [1.82, 2.24) is 5.32 Å². The van der Waals surface area contributed by atoms with Gasteiger partial charge in [-0.2, -0.15) is 0 Å². The number of ether oxygens (including phenoxy) is 2. The lowest BCUT2D eigenvalue weighted by atomic mass is 9.77. The molecule has 1 heterocycles. The van der Waals surface area contributed by atoms with Crippen LogP contribution in [0.2, 0.25) is 0 Å². The second-order valence-electron chi connectivity index (χ2n) is 9.09. The van der Waals surface area contributed by atoms with Crippen molar-refractivity contribution in [3.8, 4) is 11.5 Å². The lowest BCUT2D eigenvalue weighted by Gasteiger charge is -2.32. The van der Waals surface area contributed by atoms with E-state index in [0.717, 1.165) is 5.56 Å². The van der Waals surface area contributed by atoms with Gasteiger partial charge in [0, 0.05) is 18.2 Å². The molecule has 1 aliphatic rings. The van der Waals surface area contributed by atoms with E-state index in [1.807, 2.05) is 33.8 Å². The summed E-state index contributed by atoms with van der Waals surface area (Å²) in [5.74, 6) is 0.597. The fraction of sp³-hybridized carbons (Fsp3) is 0.571. The first kappa shape index (κ1) is 23.1. The van der Waals surface area contributed by atoms with Gasteiger partial charge in [-0.15, -0.1) is 0 Å². The topological polar surface area (TPSA) is 86.3 Å². The van der Waals surface area contributed by atoms with Crippen LogP contribution in [-0.4, -0.2) is 48.8 Å². The van der Waals surface area contributed by atoms with Gasteiger partial charge < -0.3 is 29.2 Å². The number of alkyl carbamates (subject to hydrolysis) is 1. The van der Waals surface area contributed by atoms with E-state index in [9.17, 15) is 9.90 Å². The standard InChI is InChI=1S/C21H32BNO6/c1-19(2,3)27-18(25)23-13-15(22-28-20(4,5)21(6,7)29-22)11-14-9-10-16(24)12-17(14)26-8/h9-12,24H,13H2,1-8H3,(H,23,25). The number of benzene rings is 1. The molecule has 7 nitrogen and oxygen atoms in total. The molecule has 1 amide bonds. The van der Waals surface area contributed by atoms with Crippen molar-refractivity contribution in [3.05, 3.63) is 29.2 Å². The van der Waals surface area contributed by atoms with E-state index in [-0.39, 0.29) is 12.3 Å². The number of rotatable bonds is 5. The fourth-order valence-electron chi connectivity index (χ4n) is 2.70. The zero-order valence-corrected chi connectivity index (χ0v) is 18.6. The fourth-order valence-corrected chi connectivity index (χ4v) is 2.70. The number of nitrogens with one attached hydrogen (secondary N) is 1. The molecule has 2 N–H and O–H groups in total. The molecule has 29 heavy (non-hydrogen) atoms. The van der Waals surface area contributed by atoms with Crippen molar-refractivity contribution in [2.75, 3.05) is 13.7 Å². The Bertz CT molecular complexity index is 766. The summed E-state index contributed by atoms with van der Waals surface area (Å²) in [6.45, 7) is 13.4. The smallest absolute Gasteiger partial charge is 0.492 e. The number of amides is 1. The van der Waals surface area contributed by atoms with Gasteiger partial charge in [0.2, 0.25) is 0 Å². The third kappa shape index (κ3) is 5.90. The van der Waals surface area contributed by atoms with Gasteiger partial charge in [0.05, 0.1) is 18.3 Å². The monoisotopic (exact) mass is 405 g/mol. The molecule has 1 aliphatic heterocycles. The normalized spacial score (nSPS) is 18.5. The van der Waals surface area contributed by atoms with Gasteiger partial charge in [0.15, 0.2) is 0 Å². The minimum absolute atomic E-state index is 0.100. The van der Waals surface area contributed by atoms with Crippen molar-refractivity contribution < 1.29 is 28.7 Å². The maximum atomic E-state index is 12.2. The predicted octanol–water partition coefficient (Wildman–Crippen LogP) is 3.94. The molecule has 0 unspecified atom stereocenters. The van der Waals surface area contributed by atoms with Crippen LogP contribution in [0.5, 0.6) is 11.5 Å². The van der Waals surface area contributed by atoms with Gasteiger partial charge in [0.1, 0.15) is 17.1 Å². The summed E-state index contributed by atoms with van der Waals surface area (Å²) in [7, 11) is 0.868. The summed E-state index contributed by atoms with van der Waals surface area (Å²) in [5.41, 5.74) is -0.235. The molecule has 2 rings (SSSR count). The molecular formula is C21H32BNO6. The molecule has 0 spiro atoms. The van der Waals surface area contributed by atoms with Crippen LogP contribution in [0.15, 0.2) is 23.7 Å². The number of aromatic hydroxyl groups is 1. The van der Waals surface area contributed by atoms with Crippen LogP contribution in [0.3, 0.4) is 0 Å². The molecule has 1 aromatic rings. The van der Waals surface area contributed by atoms with E-state index in [4.69, 9.17) is 18.8 Å². The summed E-state index contributed by atoms with van der Waals surface area (Å²) in [6.07, 6.45) is 1.30. The highest BCUT2D eigenvalue weighted by Crippen LogP contribution is 2.39. The van der Waals surface area contributed by atoms with Gasteiger partial charge in [-0.3, -0.25) is 0 Å². The van der Waals surface area contributed by atoms with Crippen LogP contribution >= 0.6 is 0 Å². The maximum Gasteiger partial charge on any atom is 0.492 e. The molecule has 0 saturated carbocycles. The Hall–Kier alpha value is -2.19. The Morgan fingerprint density at radius 1 is 1.21 bits per heavy atom.